The zero-order valence-corrected chi connectivity index (χ0v) is 16.4. The van der Waals surface area contributed by atoms with E-state index < -0.39 is 5.41 Å². The zero-order chi connectivity index (χ0) is 20.1. The molecular weight excluding hydrogens is 352 g/mol. The first-order chi connectivity index (χ1) is 13.3. The van der Waals surface area contributed by atoms with E-state index in [4.69, 9.17) is 4.52 Å². The van der Waals surface area contributed by atoms with E-state index in [-0.39, 0.29) is 11.7 Å². The van der Waals surface area contributed by atoms with Gasteiger partial charge >= 0.3 is 0 Å². The molecule has 1 aliphatic heterocycles. The predicted molar refractivity (Wildman–Crippen MR) is 108 cm³/mol. The SMILES string of the molecule is CC(=O)c1cccc(-c2ccc3c(c2)C(C)(Cc2c(C)noc2C)C(=O)N3)c1. The second-order valence-electron chi connectivity index (χ2n) is 7.66. The van der Waals surface area contributed by atoms with E-state index in [1.54, 1.807) is 6.92 Å². The van der Waals surface area contributed by atoms with Crippen molar-refractivity contribution in [1.82, 2.24) is 5.16 Å². The van der Waals surface area contributed by atoms with Gasteiger partial charge in [-0.25, -0.2) is 0 Å². The number of amides is 1. The fraction of sp³-hybridized carbons (Fsp3) is 0.261. The standard InChI is InChI=1S/C23H22N2O3/c1-13-19(15(3)28-25-13)12-23(4)20-11-18(8-9-21(20)24-22(23)27)17-7-5-6-16(10-17)14(2)26/h5-11H,12H2,1-4H3,(H,24,27). The maximum absolute atomic E-state index is 12.9. The Morgan fingerprint density at radius 2 is 1.89 bits per heavy atom. The van der Waals surface area contributed by atoms with Crippen LogP contribution in [-0.2, 0) is 16.6 Å². The molecule has 5 nitrogen and oxygen atoms in total. The first-order valence-electron chi connectivity index (χ1n) is 9.29. The van der Waals surface area contributed by atoms with Crippen molar-refractivity contribution < 1.29 is 14.1 Å². The van der Waals surface area contributed by atoms with E-state index >= 15 is 0 Å². The van der Waals surface area contributed by atoms with Crippen LogP contribution in [0.15, 0.2) is 47.0 Å². The number of rotatable bonds is 4. The first kappa shape index (κ1) is 18.2. The summed E-state index contributed by atoms with van der Waals surface area (Å²) < 4.78 is 5.29. The number of fused-ring (bicyclic) bond motifs is 1. The highest BCUT2D eigenvalue weighted by Gasteiger charge is 2.43. The van der Waals surface area contributed by atoms with Crippen molar-refractivity contribution in [2.45, 2.75) is 39.5 Å². The van der Waals surface area contributed by atoms with Gasteiger partial charge < -0.3 is 9.84 Å². The van der Waals surface area contributed by atoms with E-state index in [0.717, 1.165) is 39.4 Å². The Morgan fingerprint density at radius 1 is 1.14 bits per heavy atom. The molecule has 1 aromatic heterocycles. The van der Waals surface area contributed by atoms with E-state index in [9.17, 15) is 9.59 Å². The van der Waals surface area contributed by atoms with E-state index in [2.05, 4.69) is 10.5 Å². The number of aryl methyl sites for hydroxylation is 2. The normalized spacial score (nSPS) is 18.1. The summed E-state index contributed by atoms with van der Waals surface area (Å²) in [6, 6.07) is 13.5. The van der Waals surface area contributed by atoms with Gasteiger partial charge in [-0.1, -0.05) is 29.4 Å². The Labute approximate surface area is 163 Å². The number of hydrogen-bond donors (Lipinski definition) is 1. The molecule has 0 saturated heterocycles. The highest BCUT2D eigenvalue weighted by molar-refractivity contribution is 6.06. The number of anilines is 1. The van der Waals surface area contributed by atoms with Crippen LogP contribution in [-0.4, -0.2) is 16.8 Å². The van der Waals surface area contributed by atoms with Gasteiger partial charge in [0.2, 0.25) is 5.91 Å². The van der Waals surface area contributed by atoms with Gasteiger partial charge in [-0.3, -0.25) is 9.59 Å². The largest absolute Gasteiger partial charge is 0.361 e. The molecule has 5 heteroatoms. The van der Waals surface area contributed by atoms with Gasteiger partial charge in [-0.2, -0.15) is 0 Å². The minimum Gasteiger partial charge on any atom is -0.361 e. The van der Waals surface area contributed by atoms with Crippen molar-refractivity contribution in [2.24, 2.45) is 0 Å². The average molecular weight is 374 g/mol. The van der Waals surface area contributed by atoms with Crippen molar-refractivity contribution >= 4 is 17.4 Å². The second kappa shape index (κ2) is 6.44. The molecule has 1 amide bonds. The molecule has 1 N–H and O–H groups in total. The summed E-state index contributed by atoms with van der Waals surface area (Å²) in [7, 11) is 0. The average Bonchev–Trinajstić information content (AvgIpc) is 3.12. The topological polar surface area (TPSA) is 72.2 Å². The third-order valence-corrected chi connectivity index (χ3v) is 5.68. The summed E-state index contributed by atoms with van der Waals surface area (Å²) >= 11 is 0. The number of Topliss-reactive ketones (excluding diaryl/α,β-unsaturated/α-hetero) is 1. The number of benzene rings is 2. The lowest BCUT2D eigenvalue weighted by molar-refractivity contribution is -0.120. The van der Waals surface area contributed by atoms with Gasteiger partial charge in [0, 0.05) is 16.8 Å². The molecule has 0 fully saturated rings. The maximum atomic E-state index is 12.9. The summed E-state index contributed by atoms with van der Waals surface area (Å²) in [4.78, 5) is 24.6. The van der Waals surface area contributed by atoms with Gasteiger partial charge in [-0.15, -0.1) is 0 Å². The number of ketones is 1. The lowest BCUT2D eigenvalue weighted by Crippen LogP contribution is -2.33. The molecule has 1 unspecified atom stereocenters. The molecule has 1 atom stereocenters. The van der Waals surface area contributed by atoms with E-state index in [1.807, 2.05) is 63.2 Å². The van der Waals surface area contributed by atoms with E-state index in [1.165, 1.54) is 0 Å². The van der Waals surface area contributed by atoms with Crippen LogP contribution in [0.4, 0.5) is 5.69 Å². The molecule has 28 heavy (non-hydrogen) atoms. The Morgan fingerprint density at radius 3 is 2.57 bits per heavy atom. The summed E-state index contributed by atoms with van der Waals surface area (Å²) in [5.41, 5.74) is 5.43. The van der Waals surface area contributed by atoms with Gasteiger partial charge in [0.1, 0.15) is 5.76 Å². The molecule has 0 bridgehead atoms. The summed E-state index contributed by atoms with van der Waals surface area (Å²) in [6.07, 6.45) is 0.518. The molecule has 4 rings (SSSR count). The van der Waals surface area contributed by atoms with Gasteiger partial charge in [0.05, 0.1) is 11.1 Å². The molecule has 2 aromatic carbocycles. The first-order valence-corrected chi connectivity index (χ1v) is 9.29. The number of carbonyl (C=O) groups is 2. The minimum absolute atomic E-state index is 0.0304. The smallest absolute Gasteiger partial charge is 0.235 e. The van der Waals surface area contributed by atoms with Crippen LogP contribution in [0.25, 0.3) is 11.1 Å². The lowest BCUT2D eigenvalue weighted by Gasteiger charge is -2.22. The molecule has 142 valence electrons. The molecule has 3 aromatic rings. The third kappa shape index (κ3) is 2.83. The fourth-order valence-electron chi connectivity index (χ4n) is 3.87. The van der Waals surface area contributed by atoms with Crippen LogP contribution < -0.4 is 5.32 Å². The van der Waals surface area contributed by atoms with Crippen LogP contribution in [0, 0.1) is 13.8 Å². The molecule has 0 radical (unpaired) electrons. The number of aromatic nitrogens is 1. The highest BCUT2D eigenvalue weighted by Crippen LogP contribution is 2.42. The highest BCUT2D eigenvalue weighted by atomic mass is 16.5. The Hall–Kier alpha value is -3.21. The molecule has 0 aliphatic carbocycles. The summed E-state index contributed by atoms with van der Waals surface area (Å²) in [5.74, 6) is 0.741. The Kier molecular flexibility index (Phi) is 4.18. The van der Waals surface area contributed by atoms with Crippen LogP contribution in [0.3, 0.4) is 0 Å². The lowest BCUT2D eigenvalue weighted by atomic mass is 9.77. The molecule has 2 heterocycles. The second-order valence-corrected chi connectivity index (χ2v) is 7.66. The molecule has 0 spiro atoms. The van der Waals surface area contributed by atoms with E-state index in [0.29, 0.717) is 12.0 Å². The zero-order valence-electron chi connectivity index (χ0n) is 16.4. The van der Waals surface area contributed by atoms with Gasteiger partial charge in [-0.05, 0) is 69.0 Å². The van der Waals surface area contributed by atoms with Crippen molar-refractivity contribution in [1.29, 1.82) is 0 Å². The Bertz CT molecular complexity index is 1090. The monoisotopic (exact) mass is 374 g/mol. The minimum atomic E-state index is -0.718. The van der Waals surface area contributed by atoms with Crippen LogP contribution in [0.1, 0.15) is 46.8 Å². The van der Waals surface area contributed by atoms with Crippen LogP contribution in [0.2, 0.25) is 0 Å². The summed E-state index contributed by atoms with van der Waals surface area (Å²) in [5, 5.41) is 7.03. The van der Waals surface area contributed by atoms with Gasteiger partial charge in [0.15, 0.2) is 5.78 Å². The Balaban J connectivity index is 1.79. The quantitative estimate of drug-likeness (QED) is 0.677. The number of nitrogens with one attached hydrogen (secondary N) is 1. The van der Waals surface area contributed by atoms with Crippen LogP contribution >= 0.6 is 0 Å². The molecular formula is C23H22N2O3. The van der Waals surface area contributed by atoms with Crippen molar-refractivity contribution in [2.75, 3.05) is 5.32 Å². The number of hydrogen-bond acceptors (Lipinski definition) is 4. The fourth-order valence-corrected chi connectivity index (χ4v) is 3.87. The summed E-state index contributed by atoms with van der Waals surface area (Å²) in [6.45, 7) is 7.28. The molecule has 0 saturated carbocycles. The van der Waals surface area contributed by atoms with Crippen LogP contribution in [0.5, 0.6) is 0 Å². The third-order valence-electron chi connectivity index (χ3n) is 5.68. The number of nitrogens with zero attached hydrogens (tertiary/aromatic N) is 1. The number of carbonyl (C=O) groups excluding carboxylic acids is 2. The molecule has 1 aliphatic rings. The van der Waals surface area contributed by atoms with Crippen molar-refractivity contribution in [3.05, 3.63) is 70.6 Å². The van der Waals surface area contributed by atoms with Crippen molar-refractivity contribution in [3.8, 4) is 11.1 Å². The maximum Gasteiger partial charge on any atom is 0.235 e. The predicted octanol–water partition coefficient (Wildman–Crippen LogP) is 4.61. The van der Waals surface area contributed by atoms with Gasteiger partial charge in [0.25, 0.3) is 0 Å². The van der Waals surface area contributed by atoms with Crippen molar-refractivity contribution in [3.63, 3.8) is 0 Å².